The molecule has 0 radical (unpaired) electrons. The highest BCUT2D eigenvalue weighted by molar-refractivity contribution is 6.35. The Morgan fingerprint density at radius 1 is 0.323 bits per heavy atom. The third-order valence-corrected chi connectivity index (χ3v) is 6.56. The maximum absolute atomic E-state index is 2.40. The molecule has 0 aliphatic heterocycles. The summed E-state index contributed by atoms with van der Waals surface area (Å²) < 4.78 is 2.40. The molecule has 0 atom stereocenters. The maximum atomic E-state index is 2.40. The highest BCUT2D eigenvalue weighted by Crippen LogP contribution is 2.43. The fourth-order valence-electron chi connectivity index (χ4n) is 5.31. The Kier molecular flexibility index (Phi) is 3.33. The second-order valence-electron chi connectivity index (χ2n) is 8.16. The molecule has 1 heteroatoms. The molecule has 0 amide bonds. The van der Waals surface area contributed by atoms with Gasteiger partial charge >= 0.3 is 0 Å². The monoisotopic (exact) mass is 393 g/mol. The molecule has 0 aliphatic rings. The lowest BCUT2D eigenvalue weighted by molar-refractivity contribution is 1.18. The van der Waals surface area contributed by atoms with Crippen molar-refractivity contribution in [2.75, 3.05) is 0 Å². The summed E-state index contributed by atoms with van der Waals surface area (Å²) in [5, 5.41) is 10.6. The minimum Gasteiger partial charge on any atom is -0.309 e. The number of fused-ring (bicyclic) bond motifs is 10. The van der Waals surface area contributed by atoms with Crippen LogP contribution in [0.4, 0.5) is 0 Å². The van der Waals surface area contributed by atoms with Crippen LogP contribution in [0.15, 0.2) is 115 Å². The fourth-order valence-corrected chi connectivity index (χ4v) is 5.31. The summed E-state index contributed by atoms with van der Waals surface area (Å²) in [6.45, 7) is 0. The van der Waals surface area contributed by atoms with Crippen LogP contribution in [-0.2, 0) is 0 Å². The van der Waals surface area contributed by atoms with Crippen LogP contribution in [0.5, 0.6) is 0 Å². The number of para-hydroxylation sites is 2. The first kappa shape index (κ1) is 16.7. The van der Waals surface area contributed by atoms with E-state index in [1.54, 1.807) is 0 Å². The van der Waals surface area contributed by atoms with Crippen LogP contribution in [-0.4, -0.2) is 4.57 Å². The summed E-state index contributed by atoms with van der Waals surface area (Å²) in [7, 11) is 0. The van der Waals surface area contributed by atoms with Crippen molar-refractivity contribution in [3.05, 3.63) is 115 Å². The van der Waals surface area contributed by atoms with Crippen molar-refractivity contribution in [2.24, 2.45) is 0 Å². The summed E-state index contributed by atoms with van der Waals surface area (Å²) in [4.78, 5) is 0. The topological polar surface area (TPSA) is 4.93 Å². The first-order valence-electron chi connectivity index (χ1n) is 10.7. The van der Waals surface area contributed by atoms with Gasteiger partial charge in [0.05, 0.1) is 11.0 Å². The number of hydrogen-bond acceptors (Lipinski definition) is 0. The van der Waals surface area contributed by atoms with Crippen molar-refractivity contribution < 1.29 is 0 Å². The van der Waals surface area contributed by atoms with E-state index in [4.69, 9.17) is 0 Å². The fraction of sp³-hybridized carbons (Fsp3) is 0. The van der Waals surface area contributed by atoms with Crippen LogP contribution in [0.25, 0.3) is 59.8 Å². The van der Waals surface area contributed by atoms with Crippen molar-refractivity contribution in [1.82, 2.24) is 4.57 Å². The molecule has 0 unspecified atom stereocenters. The van der Waals surface area contributed by atoms with Crippen LogP contribution < -0.4 is 0 Å². The van der Waals surface area contributed by atoms with E-state index in [0.717, 1.165) is 0 Å². The van der Waals surface area contributed by atoms with Gasteiger partial charge in [-0.05, 0) is 51.2 Å². The zero-order valence-electron chi connectivity index (χ0n) is 16.9. The minimum atomic E-state index is 1.19. The van der Waals surface area contributed by atoms with Crippen molar-refractivity contribution >= 4 is 54.1 Å². The van der Waals surface area contributed by atoms with Gasteiger partial charge in [-0.3, -0.25) is 0 Å². The van der Waals surface area contributed by atoms with Crippen molar-refractivity contribution in [1.29, 1.82) is 0 Å². The van der Waals surface area contributed by atoms with Crippen LogP contribution in [0.3, 0.4) is 0 Å². The van der Waals surface area contributed by atoms with Crippen molar-refractivity contribution in [3.8, 4) is 5.69 Å². The number of hydrogen-bond donors (Lipinski definition) is 0. The smallest absolute Gasteiger partial charge is 0.0547 e. The molecule has 1 aromatic heterocycles. The Morgan fingerprint density at radius 3 is 1.55 bits per heavy atom. The SMILES string of the molecule is c1ccc(-n2c3ccccc3c3c4c5ccccc5c5ccccc5c4ccc32)cc1. The molecule has 7 rings (SSSR count). The predicted molar refractivity (Wildman–Crippen MR) is 133 cm³/mol. The number of benzene rings is 6. The third-order valence-electron chi connectivity index (χ3n) is 6.56. The lowest BCUT2D eigenvalue weighted by Crippen LogP contribution is -1.93. The van der Waals surface area contributed by atoms with Crippen molar-refractivity contribution in [2.45, 2.75) is 0 Å². The van der Waals surface area contributed by atoms with E-state index < -0.39 is 0 Å². The summed E-state index contributed by atoms with van der Waals surface area (Å²) in [6, 6.07) is 41.7. The van der Waals surface area contributed by atoms with Crippen LogP contribution in [0, 0.1) is 0 Å². The van der Waals surface area contributed by atoms with E-state index in [2.05, 4.69) is 120 Å². The summed E-state index contributed by atoms with van der Waals surface area (Å²) in [6.07, 6.45) is 0. The quantitative estimate of drug-likeness (QED) is 0.247. The second-order valence-corrected chi connectivity index (χ2v) is 8.16. The van der Waals surface area contributed by atoms with Crippen LogP contribution in [0.2, 0.25) is 0 Å². The Balaban J connectivity index is 1.83. The van der Waals surface area contributed by atoms with E-state index in [-0.39, 0.29) is 0 Å². The summed E-state index contributed by atoms with van der Waals surface area (Å²) in [5.41, 5.74) is 3.69. The zero-order chi connectivity index (χ0) is 20.4. The lowest BCUT2D eigenvalue weighted by atomic mass is 9.92. The van der Waals surface area contributed by atoms with Gasteiger partial charge in [0, 0.05) is 21.8 Å². The van der Waals surface area contributed by atoms with Gasteiger partial charge < -0.3 is 4.57 Å². The summed E-state index contributed by atoms with van der Waals surface area (Å²) in [5.74, 6) is 0. The van der Waals surface area contributed by atoms with Gasteiger partial charge in [-0.2, -0.15) is 0 Å². The molecule has 0 saturated carbocycles. The summed E-state index contributed by atoms with van der Waals surface area (Å²) >= 11 is 0. The average molecular weight is 393 g/mol. The van der Waals surface area contributed by atoms with Gasteiger partial charge in [0.15, 0.2) is 0 Å². The van der Waals surface area contributed by atoms with Gasteiger partial charge in [0.1, 0.15) is 0 Å². The Bertz CT molecular complexity index is 1740. The number of nitrogens with zero attached hydrogens (tertiary/aromatic N) is 1. The van der Waals surface area contributed by atoms with E-state index in [9.17, 15) is 0 Å². The van der Waals surface area contributed by atoms with Crippen LogP contribution in [0.1, 0.15) is 0 Å². The Hall–Kier alpha value is -4.10. The highest BCUT2D eigenvalue weighted by atomic mass is 15.0. The Labute approximate surface area is 179 Å². The predicted octanol–water partition coefficient (Wildman–Crippen LogP) is 8.24. The molecular weight excluding hydrogens is 374 g/mol. The minimum absolute atomic E-state index is 1.19. The van der Waals surface area contributed by atoms with Gasteiger partial charge in [0.25, 0.3) is 0 Å². The molecule has 0 aliphatic carbocycles. The van der Waals surface area contributed by atoms with Crippen molar-refractivity contribution in [3.63, 3.8) is 0 Å². The number of rotatable bonds is 1. The molecule has 0 N–H and O–H groups in total. The lowest BCUT2D eigenvalue weighted by Gasteiger charge is -2.12. The molecule has 31 heavy (non-hydrogen) atoms. The molecular formula is C30H19N. The largest absolute Gasteiger partial charge is 0.309 e. The number of aromatic nitrogens is 1. The van der Waals surface area contributed by atoms with E-state index in [1.165, 1.54) is 59.8 Å². The highest BCUT2D eigenvalue weighted by Gasteiger charge is 2.17. The standard InChI is InChI=1S/C30H19N/c1-2-10-20(11-3-1)31-27-17-9-8-16-26(27)30-28(31)19-18-25-23-14-5-4-12-21(23)22-13-6-7-15-24(22)29(25)30/h1-19H. The van der Waals surface area contributed by atoms with E-state index >= 15 is 0 Å². The molecule has 1 nitrogen and oxygen atoms in total. The van der Waals surface area contributed by atoms with E-state index in [1.807, 2.05) is 0 Å². The molecule has 0 spiro atoms. The average Bonchev–Trinajstić information content (AvgIpc) is 3.19. The molecule has 1 heterocycles. The normalized spacial score (nSPS) is 11.9. The van der Waals surface area contributed by atoms with Gasteiger partial charge in [0.2, 0.25) is 0 Å². The first-order valence-corrected chi connectivity index (χ1v) is 10.7. The van der Waals surface area contributed by atoms with Gasteiger partial charge in [-0.1, -0.05) is 91.0 Å². The molecule has 0 saturated heterocycles. The third kappa shape index (κ3) is 2.21. The Morgan fingerprint density at radius 2 is 0.839 bits per heavy atom. The maximum Gasteiger partial charge on any atom is 0.0547 e. The van der Waals surface area contributed by atoms with Gasteiger partial charge in [-0.15, -0.1) is 0 Å². The zero-order valence-corrected chi connectivity index (χ0v) is 16.9. The molecule has 7 aromatic rings. The van der Waals surface area contributed by atoms with Crippen LogP contribution >= 0.6 is 0 Å². The molecule has 6 aromatic carbocycles. The molecule has 0 fully saturated rings. The first-order chi connectivity index (χ1) is 15.4. The van der Waals surface area contributed by atoms with E-state index in [0.29, 0.717) is 0 Å². The van der Waals surface area contributed by atoms with Gasteiger partial charge in [-0.25, -0.2) is 0 Å². The second kappa shape index (κ2) is 6.20. The molecule has 144 valence electrons. The molecule has 0 bridgehead atoms.